The molecule has 0 spiro atoms. The van der Waals surface area contributed by atoms with Crippen LogP contribution < -0.4 is 0 Å². The molecule has 0 amide bonds. The van der Waals surface area contributed by atoms with Crippen molar-refractivity contribution in [1.29, 1.82) is 0 Å². The van der Waals surface area contributed by atoms with Gasteiger partial charge in [0.05, 0.1) is 6.20 Å². The van der Waals surface area contributed by atoms with E-state index in [2.05, 4.69) is 5.10 Å². The molecule has 0 aromatic carbocycles. The number of aryl methyl sites for hydroxylation is 1. The van der Waals surface area contributed by atoms with Crippen molar-refractivity contribution in [3.63, 3.8) is 0 Å². The topological polar surface area (TPSA) is 51.2 Å². The summed E-state index contributed by atoms with van der Waals surface area (Å²) in [5, 5.41) is 13.1. The van der Waals surface area contributed by atoms with E-state index in [0.717, 1.165) is 5.76 Å². The molecule has 5 heteroatoms. The van der Waals surface area contributed by atoms with Crippen molar-refractivity contribution in [2.24, 2.45) is 0 Å². The Labute approximate surface area is 79.4 Å². The summed E-state index contributed by atoms with van der Waals surface area (Å²) in [5.74, 6) is 1.19. The maximum absolute atomic E-state index is 9.15. The van der Waals surface area contributed by atoms with Gasteiger partial charge >= 0.3 is 0 Å². The van der Waals surface area contributed by atoms with Crippen LogP contribution in [-0.2, 0) is 0 Å². The zero-order valence-corrected chi connectivity index (χ0v) is 7.62. The number of aromatic nitrogens is 2. The van der Waals surface area contributed by atoms with Gasteiger partial charge in [-0.15, -0.1) is 0 Å². The summed E-state index contributed by atoms with van der Waals surface area (Å²) in [6.45, 7) is 1.82. The Balaban J connectivity index is 2.52. The molecule has 0 aliphatic carbocycles. The Bertz CT molecular complexity index is 433. The van der Waals surface area contributed by atoms with Gasteiger partial charge < -0.3 is 9.52 Å². The fourth-order valence-corrected chi connectivity index (χ4v) is 1.19. The van der Waals surface area contributed by atoms with E-state index < -0.39 is 0 Å². The minimum Gasteiger partial charge on any atom is -0.504 e. The van der Waals surface area contributed by atoms with Crippen molar-refractivity contribution >= 4 is 11.6 Å². The van der Waals surface area contributed by atoms with Crippen LogP contribution in [0.1, 0.15) is 5.76 Å². The lowest BCUT2D eigenvalue weighted by Gasteiger charge is -1.96. The highest BCUT2D eigenvalue weighted by molar-refractivity contribution is 6.31. The van der Waals surface area contributed by atoms with Crippen LogP contribution in [0.15, 0.2) is 22.7 Å². The Kier molecular flexibility index (Phi) is 1.77. The molecule has 4 nitrogen and oxygen atoms in total. The third-order valence-corrected chi connectivity index (χ3v) is 1.98. The molecule has 2 heterocycles. The van der Waals surface area contributed by atoms with Gasteiger partial charge in [-0.05, 0) is 13.0 Å². The van der Waals surface area contributed by atoms with Gasteiger partial charge in [-0.3, -0.25) is 0 Å². The Morgan fingerprint density at radius 2 is 2.31 bits per heavy atom. The molecular formula is C8H7ClN2O2. The zero-order chi connectivity index (χ0) is 9.42. The van der Waals surface area contributed by atoms with Gasteiger partial charge in [0.25, 0.3) is 0 Å². The lowest BCUT2D eigenvalue weighted by Crippen LogP contribution is -1.92. The van der Waals surface area contributed by atoms with E-state index in [-0.39, 0.29) is 10.9 Å². The van der Waals surface area contributed by atoms with Crippen molar-refractivity contribution in [1.82, 2.24) is 9.78 Å². The SMILES string of the molecule is Cc1ccc(-n2ncc(O)c2Cl)o1. The van der Waals surface area contributed by atoms with Crippen molar-refractivity contribution in [3.8, 4) is 11.6 Å². The van der Waals surface area contributed by atoms with Crippen molar-refractivity contribution in [2.45, 2.75) is 6.92 Å². The molecule has 0 fully saturated rings. The van der Waals surface area contributed by atoms with E-state index >= 15 is 0 Å². The molecule has 2 aromatic rings. The molecular weight excluding hydrogens is 192 g/mol. The van der Waals surface area contributed by atoms with Crippen LogP contribution in [0.3, 0.4) is 0 Å². The van der Waals surface area contributed by atoms with E-state index in [0.29, 0.717) is 5.88 Å². The van der Waals surface area contributed by atoms with Crippen LogP contribution in [0.25, 0.3) is 5.88 Å². The van der Waals surface area contributed by atoms with E-state index in [4.69, 9.17) is 21.1 Å². The average Bonchev–Trinajstić information content (AvgIpc) is 2.62. The summed E-state index contributed by atoms with van der Waals surface area (Å²) in [6.07, 6.45) is 1.26. The molecule has 0 atom stereocenters. The van der Waals surface area contributed by atoms with Crippen molar-refractivity contribution < 1.29 is 9.52 Å². The molecule has 0 bridgehead atoms. The summed E-state index contributed by atoms with van der Waals surface area (Å²) in [5.41, 5.74) is 0. The molecule has 68 valence electrons. The lowest BCUT2D eigenvalue weighted by molar-refractivity contribution is 0.471. The molecule has 13 heavy (non-hydrogen) atoms. The van der Waals surface area contributed by atoms with Gasteiger partial charge in [-0.2, -0.15) is 9.78 Å². The normalized spacial score (nSPS) is 10.6. The molecule has 0 saturated heterocycles. The first-order valence-electron chi connectivity index (χ1n) is 3.68. The van der Waals surface area contributed by atoms with E-state index in [1.54, 1.807) is 12.1 Å². The third kappa shape index (κ3) is 1.29. The van der Waals surface area contributed by atoms with Crippen molar-refractivity contribution in [2.75, 3.05) is 0 Å². The molecule has 0 aliphatic rings. The Hall–Kier alpha value is -1.42. The smallest absolute Gasteiger partial charge is 0.221 e. The van der Waals surface area contributed by atoms with Gasteiger partial charge in [-0.25, -0.2) is 0 Å². The molecule has 0 unspecified atom stereocenters. The molecule has 2 aromatic heterocycles. The predicted molar refractivity (Wildman–Crippen MR) is 47.2 cm³/mol. The molecule has 1 N–H and O–H groups in total. The van der Waals surface area contributed by atoms with Crippen LogP contribution in [-0.4, -0.2) is 14.9 Å². The van der Waals surface area contributed by atoms with Crippen LogP contribution in [0.2, 0.25) is 5.15 Å². The summed E-state index contributed by atoms with van der Waals surface area (Å²) < 4.78 is 6.59. The summed E-state index contributed by atoms with van der Waals surface area (Å²) in [6, 6.07) is 3.53. The summed E-state index contributed by atoms with van der Waals surface area (Å²) >= 11 is 5.74. The van der Waals surface area contributed by atoms with Gasteiger partial charge in [0, 0.05) is 6.07 Å². The van der Waals surface area contributed by atoms with E-state index in [1.165, 1.54) is 10.9 Å². The maximum atomic E-state index is 9.15. The van der Waals surface area contributed by atoms with Crippen LogP contribution >= 0.6 is 11.6 Å². The number of nitrogens with zero attached hydrogens (tertiary/aromatic N) is 2. The largest absolute Gasteiger partial charge is 0.504 e. The number of aromatic hydroxyl groups is 1. The second-order valence-corrected chi connectivity index (χ2v) is 2.97. The Morgan fingerprint density at radius 1 is 1.54 bits per heavy atom. The fraction of sp³-hybridized carbons (Fsp3) is 0.125. The average molecular weight is 199 g/mol. The van der Waals surface area contributed by atoms with Gasteiger partial charge in [-0.1, -0.05) is 11.6 Å². The molecule has 0 saturated carbocycles. The van der Waals surface area contributed by atoms with Crippen LogP contribution in [0.4, 0.5) is 0 Å². The number of furan rings is 1. The number of hydrogen-bond acceptors (Lipinski definition) is 3. The monoisotopic (exact) mass is 198 g/mol. The quantitative estimate of drug-likeness (QED) is 0.764. The number of rotatable bonds is 1. The summed E-state index contributed by atoms with van der Waals surface area (Å²) in [4.78, 5) is 0. The lowest BCUT2D eigenvalue weighted by atomic mass is 10.5. The minimum atomic E-state index is -0.0595. The fourth-order valence-electron chi connectivity index (χ4n) is 1.01. The highest BCUT2D eigenvalue weighted by Crippen LogP contribution is 2.25. The summed E-state index contributed by atoms with van der Waals surface area (Å²) in [7, 11) is 0. The van der Waals surface area contributed by atoms with E-state index in [9.17, 15) is 0 Å². The van der Waals surface area contributed by atoms with E-state index in [1.807, 2.05) is 6.92 Å². The first-order valence-corrected chi connectivity index (χ1v) is 4.05. The first-order chi connectivity index (χ1) is 6.18. The highest BCUT2D eigenvalue weighted by atomic mass is 35.5. The van der Waals surface area contributed by atoms with Crippen LogP contribution in [0.5, 0.6) is 5.75 Å². The predicted octanol–water partition coefficient (Wildman–Crippen LogP) is 2.13. The van der Waals surface area contributed by atoms with Gasteiger partial charge in [0.15, 0.2) is 10.9 Å². The maximum Gasteiger partial charge on any atom is 0.221 e. The van der Waals surface area contributed by atoms with Gasteiger partial charge in [0.2, 0.25) is 5.88 Å². The van der Waals surface area contributed by atoms with Crippen LogP contribution in [0, 0.1) is 6.92 Å². The molecule has 0 aliphatic heterocycles. The minimum absolute atomic E-state index is 0.0595. The van der Waals surface area contributed by atoms with Crippen molar-refractivity contribution in [3.05, 3.63) is 29.2 Å². The van der Waals surface area contributed by atoms with Gasteiger partial charge in [0.1, 0.15) is 5.76 Å². The zero-order valence-electron chi connectivity index (χ0n) is 6.86. The highest BCUT2D eigenvalue weighted by Gasteiger charge is 2.10. The third-order valence-electron chi connectivity index (χ3n) is 1.63. The second kappa shape index (κ2) is 2.81. The first kappa shape index (κ1) is 8.19. The number of halogens is 1. The molecule has 0 radical (unpaired) electrons. The molecule has 2 rings (SSSR count). The number of hydrogen-bond donors (Lipinski definition) is 1. The Morgan fingerprint density at radius 3 is 2.77 bits per heavy atom. The second-order valence-electron chi connectivity index (χ2n) is 2.62. The standard InChI is InChI=1S/C8H7ClN2O2/c1-5-2-3-7(13-5)11-8(9)6(12)4-10-11/h2-4,12H,1H3.